The number of ether oxygens (including phenoxy) is 1. The summed E-state index contributed by atoms with van der Waals surface area (Å²) in [4.78, 5) is 6.68. The summed E-state index contributed by atoms with van der Waals surface area (Å²) in [5.41, 5.74) is 0. The van der Waals surface area contributed by atoms with Crippen LogP contribution in [0.1, 0.15) is 19.8 Å². The summed E-state index contributed by atoms with van der Waals surface area (Å²) >= 11 is 0. The second-order valence-corrected chi connectivity index (χ2v) is 8.55. The standard InChI is InChI=1S/C16H26N4O3S/c1-12(15-11-20(2)7-8-23-15)19-16-6-5-14(10-17-16)24(21,22)18-9-13-3-4-13/h5-6,10,12-13,15,18H,3-4,7-9,11H2,1-2H3,(H,17,19). The van der Waals surface area contributed by atoms with Gasteiger partial charge in [-0.05, 0) is 44.9 Å². The van der Waals surface area contributed by atoms with Crippen molar-refractivity contribution in [3.8, 4) is 0 Å². The van der Waals surface area contributed by atoms with Gasteiger partial charge in [-0.3, -0.25) is 0 Å². The highest BCUT2D eigenvalue weighted by atomic mass is 32.2. The topological polar surface area (TPSA) is 83.6 Å². The lowest BCUT2D eigenvalue weighted by atomic mass is 10.1. The molecule has 2 atom stereocenters. The molecule has 1 aromatic rings. The van der Waals surface area contributed by atoms with E-state index in [2.05, 4.69) is 27.0 Å². The minimum absolute atomic E-state index is 0.0918. The Morgan fingerprint density at radius 2 is 2.21 bits per heavy atom. The molecule has 8 heteroatoms. The fraction of sp³-hybridized carbons (Fsp3) is 0.688. The Morgan fingerprint density at radius 3 is 2.83 bits per heavy atom. The molecule has 1 saturated carbocycles. The molecule has 0 radical (unpaired) electrons. The largest absolute Gasteiger partial charge is 0.373 e. The summed E-state index contributed by atoms with van der Waals surface area (Å²) in [7, 11) is -1.38. The zero-order valence-electron chi connectivity index (χ0n) is 14.2. The SMILES string of the molecule is CC(Nc1ccc(S(=O)(=O)NCC2CC2)cn1)C1CN(C)CCO1. The van der Waals surface area contributed by atoms with Gasteiger partial charge in [0.2, 0.25) is 10.0 Å². The van der Waals surface area contributed by atoms with Gasteiger partial charge in [-0.25, -0.2) is 18.1 Å². The maximum atomic E-state index is 12.2. The lowest BCUT2D eigenvalue weighted by Crippen LogP contribution is -2.47. The van der Waals surface area contributed by atoms with Crippen molar-refractivity contribution in [1.29, 1.82) is 0 Å². The van der Waals surface area contributed by atoms with Gasteiger partial charge >= 0.3 is 0 Å². The Bertz CT molecular complexity index is 646. The predicted molar refractivity (Wildman–Crippen MR) is 92.5 cm³/mol. The highest BCUT2D eigenvalue weighted by Crippen LogP contribution is 2.28. The first kappa shape index (κ1) is 17.6. The van der Waals surface area contributed by atoms with Crippen LogP contribution in [0.2, 0.25) is 0 Å². The van der Waals surface area contributed by atoms with E-state index in [1.807, 2.05) is 6.92 Å². The van der Waals surface area contributed by atoms with E-state index in [1.165, 1.54) is 6.20 Å². The molecule has 24 heavy (non-hydrogen) atoms. The summed E-state index contributed by atoms with van der Waals surface area (Å²) < 4.78 is 32.8. The molecule has 1 aliphatic carbocycles. The number of nitrogens with one attached hydrogen (secondary N) is 2. The van der Waals surface area contributed by atoms with Crippen LogP contribution in [0.5, 0.6) is 0 Å². The zero-order chi connectivity index (χ0) is 17.2. The third-order valence-corrected chi connectivity index (χ3v) is 5.94. The maximum absolute atomic E-state index is 12.2. The highest BCUT2D eigenvalue weighted by molar-refractivity contribution is 7.89. The minimum atomic E-state index is -3.46. The molecule has 0 aromatic carbocycles. The van der Waals surface area contributed by atoms with E-state index in [4.69, 9.17) is 4.74 Å². The monoisotopic (exact) mass is 354 g/mol. The summed E-state index contributed by atoms with van der Waals surface area (Å²) in [5.74, 6) is 1.16. The second-order valence-electron chi connectivity index (χ2n) is 6.78. The molecule has 2 N–H and O–H groups in total. The Hall–Kier alpha value is -1.22. The Morgan fingerprint density at radius 1 is 1.42 bits per heavy atom. The Balaban J connectivity index is 1.57. The zero-order valence-corrected chi connectivity index (χ0v) is 15.1. The van der Waals surface area contributed by atoms with Gasteiger partial charge in [0.05, 0.1) is 18.8 Å². The van der Waals surface area contributed by atoms with Crippen molar-refractivity contribution >= 4 is 15.8 Å². The van der Waals surface area contributed by atoms with Crippen LogP contribution in [0.15, 0.2) is 23.2 Å². The number of morpholine rings is 1. The van der Waals surface area contributed by atoms with E-state index in [1.54, 1.807) is 12.1 Å². The number of pyridine rings is 1. The predicted octanol–water partition coefficient (Wildman–Crippen LogP) is 0.901. The number of likely N-dealkylation sites (N-methyl/N-ethyl adjacent to an activating group) is 1. The Kier molecular flexibility index (Phi) is 5.39. The molecule has 1 aliphatic heterocycles. The summed E-state index contributed by atoms with van der Waals surface area (Å²) in [5, 5.41) is 3.29. The molecule has 0 spiro atoms. The van der Waals surface area contributed by atoms with Crippen molar-refractivity contribution < 1.29 is 13.2 Å². The molecule has 7 nitrogen and oxygen atoms in total. The first-order valence-corrected chi connectivity index (χ1v) is 9.95. The molecule has 2 heterocycles. The van der Waals surface area contributed by atoms with E-state index in [0.29, 0.717) is 18.3 Å². The normalized spacial score (nSPS) is 23.8. The van der Waals surface area contributed by atoms with E-state index < -0.39 is 10.0 Å². The second kappa shape index (κ2) is 7.35. The van der Waals surface area contributed by atoms with Gasteiger partial charge in [0.25, 0.3) is 0 Å². The summed E-state index contributed by atoms with van der Waals surface area (Å²) in [6, 6.07) is 3.38. The molecular formula is C16H26N4O3S. The van der Waals surface area contributed by atoms with E-state index in [0.717, 1.165) is 32.5 Å². The molecule has 134 valence electrons. The van der Waals surface area contributed by atoms with Gasteiger partial charge in [0.1, 0.15) is 10.7 Å². The molecule has 2 aliphatic rings. The average Bonchev–Trinajstić information content (AvgIpc) is 3.38. The van der Waals surface area contributed by atoms with Gasteiger partial charge in [-0.2, -0.15) is 0 Å². The number of anilines is 1. The van der Waals surface area contributed by atoms with Crippen molar-refractivity contribution in [2.24, 2.45) is 5.92 Å². The summed E-state index contributed by atoms with van der Waals surface area (Å²) in [6.07, 6.45) is 3.71. The molecule has 2 unspecified atom stereocenters. The molecule has 1 saturated heterocycles. The van der Waals surface area contributed by atoms with E-state index >= 15 is 0 Å². The first-order valence-electron chi connectivity index (χ1n) is 8.46. The number of hydrogen-bond donors (Lipinski definition) is 2. The number of aromatic nitrogens is 1. The van der Waals surface area contributed by atoms with Gasteiger partial charge in [-0.1, -0.05) is 0 Å². The van der Waals surface area contributed by atoms with Crippen LogP contribution in [-0.4, -0.2) is 63.7 Å². The average molecular weight is 354 g/mol. The summed E-state index contributed by atoms with van der Waals surface area (Å²) in [6.45, 7) is 5.11. The van der Waals surface area contributed by atoms with Gasteiger partial charge in [0.15, 0.2) is 0 Å². The van der Waals surface area contributed by atoms with Crippen molar-refractivity contribution in [3.05, 3.63) is 18.3 Å². The van der Waals surface area contributed by atoms with E-state index in [-0.39, 0.29) is 17.0 Å². The van der Waals surface area contributed by atoms with Crippen molar-refractivity contribution in [2.75, 3.05) is 38.6 Å². The van der Waals surface area contributed by atoms with Gasteiger partial charge in [0, 0.05) is 25.8 Å². The molecule has 1 aromatic heterocycles. The molecule has 3 rings (SSSR count). The van der Waals surface area contributed by atoms with Crippen LogP contribution in [0.25, 0.3) is 0 Å². The highest BCUT2D eigenvalue weighted by Gasteiger charge is 2.25. The van der Waals surface area contributed by atoms with Gasteiger partial charge in [-0.15, -0.1) is 0 Å². The van der Waals surface area contributed by atoms with Crippen LogP contribution >= 0.6 is 0 Å². The number of nitrogens with zero attached hydrogens (tertiary/aromatic N) is 2. The number of hydrogen-bond acceptors (Lipinski definition) is 6. The number of sulfonamides is 1. The first-order chi connectivity index (χ1) is 11.4. The third kappa shape index (κ3) is 4.66. The molecule has 0 amide bonds. The molecule has 0 bridgehead atoms. The van der Waals surface area contributed by atoms with Crippen LogP contribution in [-0.2, 0) is 14.8 Å². The van der Waals surface area contributed by atoms with Gasteiger partial charge < -0.3 is 15.0 Å². The van der Waals surface area contributed by atoms with Crippen LogP contribution in [0.4, 0.5) is 5.82 Å². The lowest BCUT2D eigenvalue weighted by molar-refractivity contribution is -0.0259. The van der Waals surface area contributed by atoms with Crippen molar-refractivity contribution in [2.45, 2.75) is 36.8 Å². The number of rotatable bonds is 7. The quantitative estimate of drug-likeness (QED) is 0.757. The maximum Gasteiger partial charge on any atom is 0.242 e. The van der Waals surface area contributed by atoms with Crippen LogP contribution < -0.4 is 10.0 Å². The molecule has 2 fully saturated rings. The molecular weight excluding hydrogens is 328 g/mol. The Labute approximate surface area is 143 Å². The third-order valence-electron chi connectivity index (χ3n) is 4.54. The fourth-order valence-electron chi connectivity index (χ4n) is 2.70. The van der Waals surface area contributed by atoms with Crippen LogP contribution in [0.3, 0.4) is 0 Å². The van der Waals surface area contributed by atoms with E-state index in [9.17, 15) is 8.42 Å². The van der Waals surface area contributed by atoms with Crippen LogP contribution in [0, 0.1) is 5.92 Å². The smallest absolute Gasteiger partial charge is 0.242 e. The van der Waals surface area contributed by atoms with Crippen molar-refractivity contribution in [3.63, 3.8) is 0 Å². The van der Waals surface area contributed by atoms with Crippen molar-refractivity contribution in [1.82, 2.24) is 14.6 Å². The fourth-order valence-corrected chi connectivity index (χ4v) is 3.76. The minimum Gasteiger partial charge on any atom is -0.373 e. The lowest BCUT2D eigenvalue weighted by Gasteiger charge is -2.34.